The number of cyclic esters (lactones) is 1. The van der Waals surface area contributed by atoms with Gasteiger partial charge in [-0.05, 0) is 79.0 Å². The lowest BCUT2D eigenvalue weighted by atomic mass is 9.78. The summed E-state index contributed by atoms with van der Waals surface area (Å²) in [6.45, 7) is 2.36. The molecule has 0 aromatic heterocycles. The van der Waals surface area contributed by atoms with Crippen LogP contribution in [0.4, 0.5) is 4.79 Å². The van der Waals surface area contributed by atoms with Crippen molar-refractivity contribution in [3.8, 4) is 5.75 Å². The van der Waals surface area contributed by atoms with Gasteiger partial charge in [0, 0.05) is 0 Å². The van der Waals surface area contributed by atoms with Gasteiger partial charge in [-0.15, -0.1) is 0 Å². The number of hydrogen-bond acceptors (Lipinski definition) is 3. The highest BCUT2D eigenvalue weighted by atomic mass is 16.6. The Labute approximate surface area is 173 Å². The molecule has 1 heterocycles. The molecule has 0 spiro atoms. The minimum absolute atomic E-state index is 0.348. The third kappa shape index (κ3) is 3.82. The predicted molar refractivity (Wildman–Crippen MR) is 114 cm³/mol. The summed E-state index contributed by atoms with van der Waals surface area (Å²) in [5, 5.41) is 5.24. The number of amides is 1. The second-order valence-corrected chi connectivity index (χ2v) is 9.46. The molecule has 29 heavy (non-hydrogen) atoms. The van der Waals surface area contributed by atoms with Crippen molar-refractivity contribution in [1.82, 2.24) is 5.32 Å². The fourth-order valence-electron chi connectivity index (χ4n) is 5.60. The molecular weight excluding hydrogens is 362 g/mol. The summed E-state index contributed by atoms with van der Waals surface area (Å²) < 4.78 is 11.5. The van der Waals surface area contributed by atoms with Crippen LogP contribution in [0, 0.1) is 11.8 Å². The average molecular weight is 394 g/mol. The summed E-state index contributed by atoms with van der Waals surface area (Å²) >= 11 is 0. The lowest BCUT2D eigenvalue weighted by molar-refractivity contribution is 0.111. The molecule has 3 fully saturated rings. The molecule has 3 aliphatic rings. The highest BCUT2D eigenvalue weighted by Crippen LogP contribution is 2.40. The van der Waals surface area contributed by atoms with E-state index in [0.29, 0.717) is 12.7 Å². The summed E-state index contributed by atoms with van der Waals surface area (Å²) in [4.78, 5) is 11.5. The van der Waals surface area contributed by atoms with Crippen LogP contribution in [0.2, 0.25) is 0 Å². The van der Waals surface area contributed by atoms with Crippen molar-refractivity contribution in [2.24, 2.45) is 11.8 Å². The Morgan fingerprint density at radius 1 is 0.931 bits per heavy atom. The van der Waals surface area contributed by atoms with Gasteiger partial charge in [-0.2, -0.15) is 0 Å². The van der Waals surface area contributed by atoms with Gasteiger partial charge in [0.15, 0.2) is 0 Å². The Morgan fingerprint density at radius 3 is 2.34 bits per heavy atom. The zero-order valence-corrected chi connectivity index (χ0v) is 17.3. The Kier molecular flexibility index (Phi) is 4.89. The van der Waals surface area contributed by atoms with E-state index in [2.05, 4.69) is 41.7 Å². The number of alkyl carbamates (subject to hydrolysis) is 1. The van der Waals surface area contributed by atoms with Crippen molar-refractivity contribution in [2.75, 3.05) is 6.61 Å². The largest absolute Gasteiger partial charge is 0.490 e. The molecule has 154 valence electrons. The Hall–Kier alpha value is -2.23. The van der Waals surface area contributed by atoms with Gasteiger partial charge in [0.2, 0.25) is 0 Å². The van der Waals surface area contributed by atoms with Crippen LogP contribution in [-0.2, 0) is 10.3 Å². The Balaban J connectivity index is 1.25. The van der Waals surface area contributed by atoms with Crippen LogP contribution in [0.25, 0.3) is 10.8 Å². The number of fused-ring (bicyclic) bond motifs is 1. The number of nitrogens with one attached hydrogen (secondary N) is 1. The third-order valence-electron chi connectivity index (χ3n) is 7.41. The van der Waals surface area contributed by atoms with E-state index in [1.807, 2.05) is 6.92 Å². The molecule has 4 heteroatoms. The zero-order valence-electron chi connectivity index (χ0n) is 17.3. The van der Waals surface area contributed by atoms with Gasteiger partial charge >= 0.3 is 6.09 Å². The standard InChI is InChI=1S/C25H31NO3/c1-25(16-28-24(27)26-25)21-10-6-20-15-23(13-9-19(20)14-21)29-22-11-7-18(8-12-22)17-4-2-3-5-17/h6,9-10,13-15,17-18,22H,2-5,7-8,11-12,16H2,1H3,(H,26,27). The molecule has 1 amide bonds. The fourth-order valence-corrected chi connectivity index (χ4v) is 5.60. The second kappa shape index (κ2) is 7.55. The summed E-state index contributed by atoms with van der Waals surface area (Å²) in [7, 11) is 0. The fraction of sp³-hybridized carbons (Fsp3) is 0.560. The number of carbonyl (C=O) groups is 1. The normalized spacial score (nSPS) is 30.3. The maximum absolute atomic E-state index is 11.5. The summed E-state index contributed by atoms with van der Waals surface area (Å²) in [5.74, 6) is 2.90. The molecule has 1 unspecified atom stereocenters. The van der Waals surface area contributed by atoms with Gasteiger partial charge in [0.1, 0.15) is 12.4 Å². The lowest BCUT2D eigenvalue weighted by Crippen LogP contribution is -2.37. The van der Waals surface area contributed by atoms with Gasteiger partial charge < -0.3 is 14.8 Å². The van der Waals surface area contributed by atoms with Crippen molar-refractivity contribution < 1.29 is 14.3 Å². The predicted octanol–water partition coefficient (Wildman–Crippen LogP) is 5.92. The molecule has 1 saturated heterocycles. The van der Waals surface area contributed by atoms with Gasteiger partial charge in [0.25, 0.3) is 0 Å². The molecule has 0 bridgehead atoms. The van der Waals surface area contributed by atoms with Crippen LogP contribution in [0.3, 0.4) is 0 Å². The van der Waals surface area contributed by atoms with Crippen molar-refractivity contribution in [3.05, 3.63) is 42.0 Å². The number of hydrogen-bond donors (Lipinski definition) is 1. The van der Waals surface area contributed by atoms with Gasteiger partial charge in [0.05, 0.1) is 11.6 Å². The van der Waals surface area contributed by atoms with Crippen LogP contribution in [-0.4, -0.2) is 18.8 Å². The van der Waals surface area contributed by atoms with Crippen LogP contribution < -0.4 is 10.1 Å². The van der Waals surface area contributed by atoms with Crippen molar-refractivity contribution in [3.63, 3.8) is 0 Å². The molecule has 2 aliphatic carbocycles. The highest BCUT2D eigenvalue weighted by molar-refractivity contribution is 5.85. The Bertz CT molecular complexity index is 896. The number of benzene rings is 2. The topological polar surface area (TPSA) is 47.6 Å². The highest BCUT2D eigenvalue weighted by Gasteiger charge is 2.36. The van der Waals surface area contributed by atoms with E-state index < -0.39 is 5.54 Å². The molecule has 5 rings (SSSR count). The van der Waals surface area contributed by atoms with Gasteiger partial charge in [-0.25, -0.2) is 4.79 Å². The first-order chi connectivity index (χ1) is 14.1. The monoisotopic (exact) mass is 393 g/mol. The quantitative estimate of drug-likeness (QED) is 0.701. The third-order valence-corrected chi connectivity index (χ3v) is 7.41. The summed E-state index contributed by atoms with van der Waals surface area (Å²) in [5.41, 5.74) is 0.605. The molecule has 0 radical (unpaired) electrons. The maximum Gasteiger partial charge on any atom is 0.408 e. The van der Waals surface area contributed by atoms with E-state index in [1.54, 1.807) is 0 Å². The van der Waals surface area contributed by atoms with E-state index in [0.717, 1.165) is 28.5 Å². The minimum atomic E-state index is -0.460. The molecule has 2 aromatic carbocycles. The van der Waals surface area contributed by atoms with Crippen LogP contribution in [0.15, 0.2) is 36.4 Å². The van der Waals surface area contributed by atoms with E-state index in [1.165, 1.54) is 56.8 Å². The van der Waals surface area contributed by atoms with Gasteiger partial charge in [-0.1, -0.05) is 43.9 Å². The van der Waals surface area contributed by atoms with E-state index >= 15 is 0 Å². The maximum atomic E-state index is 11.5. The summed E-state index contributed by atoms with van der Waals surface area (Å²) in [6.07, 6.45) is 10.9. The van der Waals surface area contributed by atoms with Gasteiger partial charge in [-0.3, -0.25) is 0 Å². The summed E-state index contributed by atoms with van der Waals surface area (Å²) in [6, 6.07) is 12.7. The molecular formula is C25H31NO3. The molecule has 2 saturated carbocycles. The van der Waals surface area contributed by atoms with Crippen LogP contribution >= 0.6 is 0 Å². The number of rotatable bonds is 4. The first-order valence-electron chi connectivity index (χ1n) is 11.2. The van der Waals surface area contributed by atoms with Crippen LogP contribution in [0.1, 0.15) is 63.9 Å². The van der Waals surface area contributed by atoms with Crippen molar-refractivity contribution >= 4 is 16.9 Å². The first-order valence-corrected chi connectivity index (χ1v) is 11.2. The SMILES string of the molecule is CC1(c2ccc3cc(OC4CCC(C5CCCC5)CC4)ccc3c2)COC(=O)N1. The smallest absolute Gasteiger partial charge is 0.408 e. The number of ether oxygens (including phenoxy) is 2. The second-order valence-electron chi connectivity index (χ2n) is 9.46. The molecule has 1 N–H and O–H groups in total. The lowest BCUT2D eigenvalue weighted by Gasteiger charge is -2.32. The minimum Gasteiger partial charge on any atom is -0.490 e. The molecule has 2 aromatic rings. The van der Waals surface area contributed by atoms with Crippen LogP contribution in [0.5, 0.6) is 5.75 Å². The first kappa shape index (κ1) is 18.8. The van der Waals surface area contributed by atoms with E-state index in [9.17, 15) is 4.79 Å². The Morgan fingerprint density at radius 2 is 1.62 bits per heavy atom. The van der Waals surface area contributed by atoms with E-state index in [4.69, 9.17) is 9.47 Å². The molecule has 1 atom stereocenters. The number of carbonyl (C=O) groups excluding carboxylic acids is 1. The molecule has 1 aliphatic heterocycles. The molecule has 4 nitrogen and oxygen atoms in total. The van der Waals surface area contributed by atoms with Crippen molar-refractivity contribution in [1.29, 1.82) is 0 Å². The average Bonchev–Trinajstić information content (AvgIpc) is 3.39. The van der Waals surface area contributed by atoms with E-state index in [-0.39, 0.29) is 6.09 Å². The zero-order chi connectivity index (χ0) is 19.8. The van der Waals surface area contributed by atoms with Crippen molar-refractivity contribution in [2.45, 2.75) is 69.9 Å².